The molecular weight excluding hydrogens is 390 g/mol. The van der Waals surface area contributed by atoms with E-state index in [0.29, 0.717) is 27.5 Å². The van der Waals surface area contributed by atoms with Crippen molar-refractivity contribution in [3.05, 3.63) is 81.7 Å². The van der Waals surface area contributed by atoms with Crippen molar-refractivity contribution in [2.75, 3.05) is 11.9 Å². The molecule has 1 heterocycles. The average molecular weight is 403 g/mol. The Morgan fingerprint density at radius 3 is 2.52 bits per heavy atom. The first kappa shape index (κ1) is 19.0. The lowest BCUT2D eigenvalue weighted by Gasteiger charge is -2.18. The molecule has 0 N–H and O–H groups in total. The number of halogens is 3. The molecule has 0 aliphatic heterocycles. The minimum Gasteiger partial charge on any atom is -0.298 e. The van der Waals surface area contributed by atoms with Crippen LogP contribution in [-0.4, -0.2) is 24.2 Å². The average Bonchev–Trinajstić information content (AvgIpc) is 2.67. The maximum absolute atomic E-state index is 14.0. The fourth-order valence-electron chi connectivity index (χ4n) is 2.56. The number of benzene rings is 2. The Kier molecular flexibility index (Phi) is 5.54. The molecule has 0 unspecified atom stereocenters. The highest BCUT2D eigenvalue weighted by Crippen LogP contribution is 2.29. The number of carbonyl (C=O) groups excluding carboxylic acids is 2. The van der Waals surface area contributed by atoms with Gasteiger partial charge in [-0.05, 0) is 36.4 Å². The van der Waals surface area contributed by atoms with E-state index in [9.17, 15) is 14.0 Å². The highest BCUT2D eigenvalue weighted by atomic mass is 35.5. The van der Waals surface area contributed by atoms with Crippen LogP contribution in [0.1, 0.15) is 20.7 Å². The van der Waals surface area contributed by atoms with Gasteiger partial charge in [0.05, 0.1) is 10.6 Å². The monoisotopic (exact) mass is 402 g/mol. The maximum Gasteiger partial charge on any atom is 0.263 e. The Labute approximate surface area is 165 Å². The largest absolute Gasteiger partial charge is 0.298 e. The van der Waals surface area contributed by atoms with Crippen LogP contribution < -0.4 is 4.90 Å². The molecule has 1 aromatic heterocycles. The van der Waals surface area contributed by atoms with Crippen molar-refractivity contribution in [1.29, 1.82) is 0 Å². The molecule has 0 saturated heterocycles. The van der Waals surface area contributed by atoms with Gasteiger partial charge in [0.1, 0.15) is 17.9 Å². The molecule has 3 rings (SSSR count). The van der Waals surface area contributed by atoms with Crippen molar-refractivity contribution in [2.45, 2.75) is 0 Å². The number of carbonyl (C=O) groups is 2. The molecule has 0 atom stereocenters. The van der Waals surface area contributed by atoms with Gasteiger partial charge >= 0.3 is 0 Å². The van der Waals surface area contributed by atoms with Gasteiger partial charge in [-0.2, -0.15) is 0 Å². The zero-order valence-electron chi connectivity index (χ0n) is 14.1. The molecule has 0 spiro atoms. The fraction of sp³-hybridized carbons (Fsp3) is 0.0500. The van der Waals surface area contributed by atoms with E-state index in [0.717, 1.165) is 6.29 Å². The predicted molar refractivity (Wildman–Crippen MR) is 104 cm³/mol. The number of anilines is 1. The molecule has 0 fully saturated rings. The quantitative estimate of drug-likeness (QED) is 0.557. The van der Waals surface area contributed by atoms with E-state index >= 15 is 0 Å². The van der Waals surface area contributed by atoms with Crippen LogP contribution in [-0.2, 0) is 0 Å². The molecule has 0 bridgehead atoms. The summed E-state index contributed by atoms with van der Waals surface area (Å²) < 4.78 is 14.0. The van der Waals surface area contributed by atoms with Crippen LogP contribution in [0.2, 0.25) is 10.0 Å². The Morgan fingerprint density at radius 1 is 1.11 bits per heavy atom. The third-order valence-electron chi connectivity index (χ3n) is 4.01. The first-order valence-electron chi connectivity index (χ1n) is 7.85. The predicted octanol–water partition coefficient (Wildman–Crippen LogP) is 5.28. The third-order valence-corrected chi connectivity index (χ3v) is 4.65. The lowest BCUT2D eigenvalue weighted by atomic mass is 10.1. The zero-order chi connectivity index (χ0) is 19.6. The van der Waals surface area contributed by atoms with E-state index < -0.39 is 11.7 Å². The van der Waals surface area contributed by atoms with Crippen LogP contribution >= 0.6 is 23.2 Å². The molecule has 2 aromatic carbocycles. The standard InChI is InChI=1S/C20H13Cl2FN2O2/c1-25(20(27)19-16(22)3-2-4-17(19)23)18-8-6-13(10-24-18)14-9-12(11-26)5-7-15(14)21/h2-11H,1H3. The molecule has 0 saturated carbocycles. The van der Waals surface area contributed by atoms with Crippen LogP contribution in [0.3, 0.4) is 0 Å². The molecule has 1 amide bonds. The van der Waals surface area contributed by atoms with Crippen molar-refractivity contribution >= 4 is 41.2 Å². The van der Waals surface area contributed by atoms with E-state index in [1.165, 1.54) is 36.3 Å². The lowest BCUT2D eigenvalue weighted by molar-refractivity contribution is 0.0988. The van der Waals surface area contributed by atoms with Gasteiger partial charge in [-0.1, -0.05) is 35.3 Å². The van der Waals surface area contributed by atoms with Crippen molar-refractivity contribution in [2.24, 2.45) is 0 Å². The first-order chi connectivity index (χ1) is 12.9. The molecule has 4 nitrogen and oxygen atoms in total. The normalized spacial score (nSPS) is 10.5. The van der Waals surface area contributed by atoms with Crippen LogP contribution in [0.15, 0.2) is 54.7 Å². The highest BCUT2D eigenvalue weighted by Gasteiger charge is 2.21. The van der Waals surface area contributed by atoms with Crippen LogP contribution in [0.4, 0.5) is 10.2 Å². The van der Waals surface area contributed by atoms with Gasteiger partial charge in [-0.3, -0.25) is 14.5 Å². The SMILES string of the molecule is CN(C(=O)c1c(F)cccc1Cl)c1ccc(-c2cc(C=O)ccc2Cl)cn1. The van der Waals surface area contributed by atoms with Gasteiger partial charge in [0.25, 0.3) is 5.91 Å². The molecule has 3 aromatic rings. The van der Waals surface area contributed by atoms with Crippen LogP contribution in [0, 0.1) is 5.82 Å². The highest BCUT2D eigenvalue weighted by molar-refractivity contribution is 6.34. The summed E-state index contributed by atoms with van der Waals surface area (Å²) in [5.41, 5.74) is 1.60. The summed E-state index contributed by atoms with van der Waals surface area (Å²) in [4.78, 5) is 29.0. The number of amides is 1. The lowest BCUT2D eigenvalue weighted by Crippen LogP contribution is -2.28. The van der Waals surface area contributed by atoms with Gasteiger partial charge in [-0.15, -0.1) is 0 Å². The van der Waals surface area contributed by atoms with Gasteiger partial charge in [-0.25, -0.2) is 9.37 Å². The number of aldehydes is 1. The van der Waals surface area contributed by atoms with E-state index in [2.05, 4.69) is 4.98 Å². The van der Waals surface area contributed by atoms with Gasteiger partial charge < -0.3 is 0 Å². The molecule has 7 heteroatoms. The number of nitrogens with zero attached hydrogens (tertiary/aromatic N) is 2. The molecule has 0 radical (unpaired) electrons. The summed E-state index contributed by atoms with van der Waals surface area (Å²) in [6, 6.07) is 12.3. The summed E-state index contributed by atoms with van der Waals surface area (Å²) in [7, 11) is 1.48. The number of hydrogen-bond acceptors (Lipinski definition) is 3. The van der Waals surface area contributed by atoms with E-state index in [-0.39, 0.29) is 10.6 Å². The fourth-order valence-corrected chi connectivity index (χ4v) is 3.03. The van der Waals surface area contributed by atoms with Crippen molar-refractivity contribution in [3.8, 4) is 11.1 Å². The second-order valence-corrected chi connectivity index (χ2v) is 6.54. The first-order valence-corrected chi connectivity index (χ1v) is 8.61. The number of aromatic nitrogens is 1. The Balaban J connectivity index is 1.91. The molecule has 27 heavy (non-hydrogen) atoms. The van der Waals surface area contributed by atoms with Crippen molar-refractivity contribution in [1.82, 2.24) is 4.98 Å². The molecule has 0 aliphatic rings. The summed E-state index contributed by atoms with van der Waals surface area (Å²) in [6.07, 6.45) is 2.25. The summed E-state index contributed by atoms with van der Waals surface area (Å²) in [6.45, 7) is 0. The maximum atomic E-state index is 14.0. The van der Waals surface area contributed by atoms with E-state index in [1.54, 1.807) is 30.3 Å². The number of rotatable bonds is 4. The van der Waals surface area contributed by atoms with E-state index in [1.807, 2.05) is 0 Å². The molecule has 0 aliphatic carbocycles. The second-order valence-electron chi connectivity index (χ2n) is 5.72. The minimum atomic E-state index is -0.701. The number of pyridine rings is 1. The topological polar surface area (TPSA) is 50.3 Å². The Bertz CT molecular complexity index is 1000. The van der Waals surface area contributed by atoms with Gasteiger partial charge in [0.15, 0.2) is 0 Å². The Morgan fingerprint density at radius 2 is 1.89 bits per heavy atom. The molecular formula is C20H13Cl2FN2O2. The van der Waals surface area contributed by atoms with Crippen molar-refractivity contribution < 1.29 is 14.0 Å². The van der Waals surface area contributed by atoms with E-state index in [4.69, 9.17) is 23.2 Å². The Hall–Kier alpha value is -2.76. The summed E-state index contributed by atoms with van der Waals surface area (Å²) in [5, 5.41) is 0.499. The second kappa shape index (κ2) is 7.86. The van der Waals surface area contributed by atoms with Crippen LogP contribution in [0.5, 0.6) is 0 Å². The summed E-state index contributed by atoms with van der Waals surface area (Å²) in [5.74, 6) is -1.00. The zero-order valence-corrected chi connectivity index (χ0v) is 15.6. The van der Waals surface area contributed by atoms with Crippen LogP contribution in [0.25, 0.3) is 11.1 Å². The van der Waals surface area contributed by atoms with Crippen molar-refractivity contribution in [3.63, 3.8) is 0 Å². The minimum absolute atomic E-state index is 0.0286. The summed E-state index contributed by atoms with van der Waals surface area (Å²) >= 11 is 12.1. The van der Waals surface area contributed by atoms with Gasteiger partial charge in [0, 0.05) is 35.0 Å². The van der Waals surface area contributed by atoms with Gasteiger partial charge in [0.2, 0.25) is 0 Å². The third kappa shape index (κ3) is 3.84. The number of hydrogen-bond donors (Lipinski definition) is 0. The smallest absolute Gasteiger partial charge is 0.263 e. The molecule has 136 valence electrons.